The lowest BCUT2D eigenvalue weighted by atomic mass is 10.2. The van der Waals surface area contributed by atoms with Gasteiger partial charge in [0, 0.05) is 13.2 Å². The number of rotatable bonds is 6. The van der Waals surface area contributed by atoms with E-state index in [0.717, 1.165) is 30.8 Å². The van der Waals surface area contributed by atoms with Crippen molar-refractivity contribution in [3.8, 4) is 5.75 Å². The lowest BCUT2D eigenvalue weighted by Crippen LogP contribution is -2.33. The van der Waals surface area contributed by atoms with Gasteiger partial charge in [-0.2, -0.15) is 0 Å². The predicted octanol–water partition coefficient (Wildman–Crippen LogP) is 2.52. The van der Waals surface area contributed by atoms with Gasteiger partial charge in [0.1, 0.15) is 11.9 Å². The van der Waals surface area contributed by atoms with Crippen molar-refractivity contribution in [1.29, 1.82) is 0 Å². The summed E-state index contributed by atoms with van der Waals surface area (Å²) in [5, 5.41) is 2.91. The lowest BCUT2D eigenvalue weighted by Gasteiger charge is -2.11. The van der Waals surface area contributed by atoms with Crippen molar-refractivity contribution < 1.29 is 14.3 Å². The zero-order valence-electron chi connectivity index (χ0n) is 12.2. The second-order valence-electron chi connectivity index (χ2n) is 5.57. The van der Waals surface area contributed by atoms with Gasteiger partial charge in [0.25, 0.3) is 0 Å². The number of nitrogens with one attached hydrogen (secondary N) is 1. The van der Waals surface area contributed by atoms with Crippen molar-refractivity contribution in [2.75, 3.05) is 13.2 Å². The molecular formula is C16H23NO3. The highest BCUT2D eigenvalue weighted by Crippen LogP contribution is 2.14. The first-order valence-electron chi connectivity index (χ1n) is 7.26. The number of amides is 1. The van der Waals surface area contributed by atoms with Gasteiger partial charge >= 0.3 is 0 Å². The van der Waals surface area contributed by atoms with E-state index in [0.29, 0.717) is 19.1 Å². The van der Waals surface area contributed by atoms with Crippen LogP contribution in [-0.2, 0) is 16.1 Å². The summed E-state index contributed by atoms with van der Waals surface area (Å²) < 4.78 is 11.0. The normalized spacial score (nSPS) is 18.2. The van der Waals surface area contributed by atoms with Crippen LogP contribution in [-0.4, -0.2) is 25.2 Å². The van der Waals surface area contributed by atoms with Crippen molar-refractivity contribution in [3.05, 3.63) is 29.8 Å². The third-order valence-electron chi connectivity index (χ3n) is 3.20. The summed E-state index contributed by atoms with van der Waals surface area (Å²) in [5.74, 6) is 1.37. The van der Waals surface area contributed by atoms with E-state index in [4.69, 9.17) is 9.47 Å². The van der Waals surface area contributed by atoms with Crippen LogP contribution in [0.15, 0.2) is 24.3 Å². The summed E-state index contributed by atoms with van der Waals surface area (Å²) in [6.07, 6.45) is 1.54. The largest absolute Gasteiger partial charge is 0.493 e. The number of hydrogen-bond acceptors (Lipinski definition) is 3. The summed E-state index contributed by atoms with van der Waals surface area (Å²) in [5.41, 5.74) is 1.06. The van der Waals surface area contributed by atoms with Crippen LogP contribution in [0.25, 0.3) is 0 Å². The average molecular weight is 277 g/mol. The SMILES string of the molecule is CC(C)COc1ccc(CNC(=O)[C@@H]2CCCO2)cc1. The standard InChI is InChI=1S/C16H23NO3/c1-12(2)11-20-14-7-5-13(6-8-14)10-17-16(18)15-4-3-9-19-15/h5-8,12,15H,3-4,9-11H2,1-2H3,(H,17,18)/t15-/m0/s1. The minimum atomic E-state index is -0.261. The number of hydrogen-bond donors (Lipinski definition) is 1. The van der Waals surface area contributed by atoms with Gasteiger partial charge in [0.15, 0.2) is 0 Å². The zero-order chi connectivity index (χ0) is 14.4. The van der Waals surface area contributed by atoms with Crippen molar-refractivity contribution >= 4 is 5.91 Å². The second kappa shape index (κ2) is 7.29. The Balaban J connectivity index is 1.77. The van der Waals surface area contributed by atoms with Crippen LogP contribution in [0.1, 0.15) is 32.3 Å². The van der Waals surface area contributed by atoms with E-state index in [1.54, 1.807) is 0 Å². The van der Waals surface area contributed by atoms with Gasteiger partial charge in [-0.25, -0.2) is 0 Å². The highest BCUT2D eigenvalue weighted by molar-refractivity contribution is 5.80. The van der Waals surface area contributed by atoms with Crippen LogP contribution in [0.2, 0.25) is 0 Å². The molecule has 0 spiro atoms. The molecule has 4 nitrogen and oxygen atoms in total. The summed E-state index contributed by atoms with van der Waals surface area (Å²) >= 11 is 0. The highest BCUT2D eigenvalue weighted by Gasteiger charge is 2.22. The molecule has 20 heavy (non-hydrogen) atoms. The van der Waals surface area contributed by atoms with Gasteiger partial charge in [0.05, 0.1) is 6.61 Å². The van der Waals surface area contributed by atoms with Crippen molar-refractivity contribution in [2.24, 2.45) is 5.92 Å². The molecule has 1 aromatic carbocycles. The van der Waals surface area contributed by atoms with Gasteiger partial charge in [0.2, 0.25) is 5.91 Å². The Bertz CT molecular complexity index is 422. The van der Waals surface area contributed by atoms with Crippen LogP contribution in [0, 0.1) is 5.92 Å². The molecule has 1 amide bonds. The maximum Gasteiger partial charge on any atom is 0.249 e. The molecule has 0 bridgehead atoms. The first-order valence-corrected chi connectivity index (χ1v) is 7.26. The molecule has 1 aliphatic heterocycles. The summed E-state index contributed by atoms with van der Waals surface area (Å²) in [6.45, 7) is 6.18. The Labute approximate surface area is 120 Å². The molecule has 4 heteroatoms. The third-order valence-corrected chi connectivity index (χ3v) is 3.20. The fraction of sp³-hybridized carbons (Fsp3) is 0.562. The number of carbonyl (C=O) groups excluding carboxylic acids is 1. The molecule has 1 fully saturated rings. The van der Waals surface area contributed by atoms with Gasteiger partial charge in [-0.15, -0.1) is 0 Å². The zero-order valence-corrected chi connectivity index (χ0v) is 12.2. The molecule has 0 saturated carbocycles. The van der Waals surface area contributed by atoms with Crippen LogP contribution in [0.4, 0.5) is 0 Å². The summed E-state index contributed by atoms with van der Waals surface area (Å²) in [7, 11) is 0. The summed E-state index contributed by atoms with van der Waals surface area (Å²) in [4.78, 5) is 11.8. The molecule has 110 valence electrons. The number of ether oxygens (including phenoxy) is 2. The monoisotopic (exact) mass is 277 g/mol. The first kappa shape index (κ1) is 14.9. The number of benzene rings is 1. The van der Waals surface area contributed by atoms with Crippen LogP contribution in [0.3, 0.4) is 0 Å². The van der Waals surface area contributed by atoms with Crippen molar-refractivity contribution in [3.63, 3.8) is 0 Å². The van der Waals surface area contributed by atoms with Gasteiger partial charge in [-0.1, -0.05) is 26.0 Å². The van der Waals surface area contributed by atoms with Crippen molar-refractivity contribution in [2.45, 2.75) is 39.3 Å². The first-order chi connectivity index (χ1) is 9.65. The molecule has 1 saturated heterocycles. The van der Waals surface area contributed by atoms with Gasteiger partial charge in [-0.05, 0) is 36.5 Å². The Morgan fingerprint density at radius 2 is 2.15 bits per heavy atom. The predicted molar refractivity (Wildman–Crippen MR) is 77.6 cm³/mol. The fourth-order valence-electron chi connectivity index (χ4n) is 2.05. The van der Waals surface area contributed by atoms with E-state index in [1.807, 2.05) is 24.3 Å². The van der Waals surface area contributed by atoms with E-state index in [-0.39, 0.29) is 12.0 Å². The van der Waals surface area contributed by atoms with Gasteiger partial charge in [-0.3, -0.25) is 4.79 Å². The fourth-order valence-corrected chi connectivity index (χ4v) is 2.05. The molecule has 1 N–H and O–H groups in total. The maximum absolute atomic E-state index is 11.8. The minimum absolute atomic E-state index is 0.0114. The second-order valence-corrected chi connectivity index (χ2v) is 5.57. The van der Waals surface area contributed by atoms with Crippen LogP contribution < -0.4 is 10.1 Å². The van der Waals surface area contributed by atoms with E-state index in [2.05, 4.69) is 19.2 Å². The molecule has 0 aliphatic carbocycles. The molecule has 1 atom stereocenters. The van der Waals surface area contributed by atoms with E-state index in [1.165, 1.54) is 0 Å². The smallest absolute Gasteiger partial charge is 0.249 e. The Kier molecular flexibility index (Phi) is 5.41. The Morgan fingerprint density at radius 3 is 2.75 bits per heavy atom. The maximum atomic E-state index is 11.8. The molecule has 1 heterocycles. The van der Waals surface area contributed by atoms with E-state index >= 15 is 0 Å². The van der Waals surface area contributed by atoms with Crippen LogP contribution in [0.5, 0.6) is 5.75 Å². The molecule has 0 radical (unpaired) electrons. The lowest BCUT2D eigenvalue weighted by molar-refractivity contribution is -0.130. The molecule has 2 rings (SSSR count). The molecule has 1 aliphatic rings. The molecular weight excluding hydrogens is 254 g/mol. The average Bonchev–Trinajstić information content (AvgIpc) is 2.98. The Morgan fingerprint density at radius 1 is 1.40 bits per heavy atom. The molecule has 1 aromatic rings. The van der Waals surface area contributed by atoms with Crippen LogP contribution >= 0.6 is 0 Å². The van der Waals surface area contributed by atoms with E-state index < -0.39 is 0 Å². The van der Waals surface area contributed by atoms with E-state index in [9.17, 15) is 4.79 Å². The summed E-state index contributed by atoms with van der Waals surface area (Å²) in [6, 6.07) is 7.84. The Hall–Kier alpha value is -1.55. The quantitative estimate of drug-likeness (QED) is 0.869. The van der Waals surface area contributed by atoms with Gasteiger partial charge < -0.3 is 14.8 Å². The number of carbonyl (C=O) groups is 1. The molecule has 0 aromatic heterocycles. The molecule has 0 unspecified atom stereocenters. The third kappa shape index (κ3) is 4.53. The van der Waals surface area contributed by atoms with Crippen molar-refractivity contribution in [1.82, 2.24) is 5.32 Å². The minimum Gasteiger partial charge on any atom is -0.493 e. The highest BCUT2D eigenvalue weighted by atomic mass is 16.5. The topological polar surface area (TPSA) is 47.6 Å².